The first-order chi connectivity index (χ1) is 7.99. The van der Waals surface area contributed by atoms with E-state index >= 15 is 0 Å². The smallest absolute Gasteiger partial charge is 0.207 e. The predicted molar refractivity (Wildman–Crippen MR) is 66.7 cm³/mol. The SMILES string of the molecule is CC(C)(C)OCCC(C=O)CCNC=O.CO. The Morgan fingerprint density at radius 3 is 2.24 bits per heavy atom. The first-order valence-electron chi connectivity index (χ1n) is 5.70. The van der Waals surface area contributed by atoms with Crippen LogP contribution < -0.4 is 5.32 Å². The molecule has 0 saturated heterocycles. The molecule has 0 aromatic rings. The summed E-state index contributed by atoms with van der Waals surface area (Å²) >= 11 is 0. The van der Waals surface area contributed by atoms with Crippen molar-refractivity contribution in [1.29, 1.82) is 0 Å². The van der Waals surface area contributed by atoms with E-state index < -0.39 is 0 Å². The second-order valence-electron chi connectivity index (χ2n) is 4.51. The first kappa shape index (κ1) is 18.4. The van der Waals surface area contributed by atoms with Gasteiger partial charge in [-0.25, -0.2) is 0 Å². The van der Waals surface area contributed by atoms with E-state index in [4.69, 9.17) is 9.84 Å². The molecule has 0 radical (unpaired) electrons. The summed E-state index contributed by atoms with van der Waals surface area (Å²) in [5.74, 6) is -0.0280. The fourth-order valence-electron chi connectivity index (χ4n) is 1.12. The average molecular weight is 247 g/mol. The Hall–Kier alpha value is -0.940. The lowest BCUT2D eigenvalue weighted by Crippen LogP contribution is -2.22. The maximum absolute atomic E-state index is 10.7. The zero-order chi connectivity index (χ0) is 13.7. The molecule has 0 aliphatic rings. The number of aliphatic hydroxyl groups excluding tert-OH is 1. The third-order valence-corrected chi connectivity index (χ3v) is 1.96. The van der Waals surface area contributed by atoms with Gasteiger partial charge in [0.05, 0.1) is 5.60 Å². The summed E-state index contributed by atoms with van der Waals surface area (Å²) in [6, 6.07) is 0. The van der Waals surface area contributed by atoms with Gasteiger partial charge in [0.25, 0.3) is 0 Å². The zero-order valence-electron chi connectivity index (χ0n) is 11.2. The van der Waals surface area contributed by atoms with Gasteiger partial charge >= 0.3 is 0 Å². The van der Waals surface area contributed by atoms with E-state index in [1.165, 1.54) is 0 Å². The standard InChI is InChI=1S/C11H21NO3.CH4O/c1-11(2,3)15-7-5-10(8-13)4-6-12-9-14;1-2/h8-10H,4-7H2,1-3H3,(H,12,14);2H,1H3. The van der Waals surface area contributed by atoms with Crippen molar-refractivity contribution in [3.05, 3.63) is 0 Å². The zero-order valence-corrected chi connectivity index (χ0v) is 11.2. The molecule has 1 unspecified atom stereocenters. The van der Waals surface area contributed by atoms with Gasteiger partial charge < -0.3 is 20.0 Å². The predicted octanol–water partition coefficient (Wildman–Crippen LogP) is 0.751. The second kappa shape index (κ2) is 11.5. The monoisotopic (exact) mass is 247 g/mol. The highest BCUT2D eigenvalue weighted by molar-refractivity contribution is 5.53. The summed E-state index contributed by atoms with van der Waals surface area (Å²) in [7, 11) is 1.00. The van der Waals surface area contributed by atoms with Crippen LogP contribution >= 0.6 is 0 Å². The van der Waals surface area contributed by atoms with Crippen LogP contribution in [0.2, 0.25) is 0 Å². The van der Waals surface area contributed by atoms with Gasteiger partial charge in [-0.3, -0.25) is 4.79 Å². The molecule has 0 heterocycles. The normalized spacial score (nSPS) is 12.1. The van der Waals surface area contributed by atoms with Crippen LogP contribution in [0.15, 0.2) is 0 Å². The number of carbonyl (C=O) groups is 2. The molecule has 2 N–H and O–H groups in total. The molecule has 0 rings (SSSR count). The summed E-state index contributed by atoms with van der Waals surface area (Å²) in [5.41, 5.74) is -0.158. The van der Waals surface area contributed by atoms with Crippen LogP contribution in [0.3, 0.4) is 0 Å². The number of nitrogens with one attached hydrogen (secondary N) is 1. The lowest BCUT2D eigenvalue weighted by molar-refractivity contribution is -0.113. The van der Waals surface area contributed by atoms with E-state index in [0.717, 1.165) is 13.4 Å². The fraction of sp³-hybridized carbons (Fsp3) is 0.833. The van der Waals surface area contributed by atoms with Crippen LogP contribution in [0.25, 0.3) is 0 Å². The number of carbonyl (C=O) groups excluding carboxylic acids is 2. The third-order valence-electron chi connectivity index (χ3n) is 1.96. The van der Waals surface area contributed by atoms with E-state index in [0.29, 0.717) is 32.4 Å². The molecule has 1 atom stereocenters. The number of amides is 1. The number of aliphatic hydroxyl groups is 1. The molecule has 102 valence electrons. The largest absolute Gasteiger partial charge is 0.400 e. The number of aldehydes is 1. The summed E-state index contributed by atoms with van der Waals surface area (Å²) in [4.78, 5) is 20.7. The van der Waals surface area contributed by atoms with Crippen LogP contribution in [-0.4, -0.2) is 43.7 Å². The molecule has 0 aliphatic heterocycles. The van der Waals surface area contributed by atoms with Gasteiger partial charge in [-0.05, 0) is 33.6 Å². The van der Waals surface area contributed by atoms with Crippen molar-refractivity contribution in [2.75, 3.05) is 20.3 Å². The van der Waals surface area contributed by atoms with Crippen LogP contribution in [-0.2, 0) is 14.3 Å². The van der Waals surface area contributed by atoms with Crippen molar-refractivity contribution in [2.45, 2.75) is 39.2 Å². The maximum atomic E-state index is 10.7. The molecular weight excluding hydrogens is 222 g/mol. The number of rotatable bonds is 8. The maximum Gasteiger partial charge on any atom is 0.207 e. The second-order valence-corrected chi connectivity index (χ2v) is 4.51. The van der Waals surface area contributed by atoms with E-state index in [2.05, 4.69) is 5.32 Å². The fourth-order valence-corrected chi connectivity index (χ4v) is 1.12. The Balaban J connectivity index is 0. The minimum atomic E-state index is -0.158. The van der Waals surface area contributed by atoms with E-state index in [1.807, 2.05) is 20.8 Å². The Morgan fingerprint density at radius 2 is 1.82 bits per heavy atom. The van der Waals surface area contributed by atoms with Gasteiger partial charge in [0.2, 0.25) is 6.41 Å². The molecular formula is C12H25NO4. The quantitative estimate of drug-likeness (QED) is 0.490. The Bertz CT molecular complexity index is 189. The summed E-state index contributed by atoms with van der Waals surface area (Å²) in [6.45, 7) is 7.07. The molecule has 0 aromatic carbocycles. The highest BCUT2D eigenvalue weighted by Crippen LogP contribution is 2.11. The highest BCUT2D eigenvalue weighted by atomic mass is 16.5. The molecule has 1 amide bonds. The van der Waals surface area contributed by atoms with Crippen molar-refractivity contribution in [1.82, 2.24) is 5.32 Å². The van der Waals surface area contributed by atoms with Gasteiger partial charge in [0.1, 0.15) is 6.29 Å². The lowest BCUT2D eigenvalue weighted by Gasteiger charge is -2.20. The molecule has 0 aliphatic carbocycles. The van der Waals surface area contributed by atoms with Crippen molar-refractivity contribution in [2.24, 2.45) is 5.92 Å². The molecule has 5 nitrogen and oxygen atoms in total. The van der Waals surface area contributed by atoms with Crippen molar-refractivity contribution >= 4 is 12.7 Å². The summed E-state index contributed by atoms with van der Waals surface area (Å²) in [5, 5.41) is 9.54. The first-order valence-corrected chi connectivity index (χ1v) is 5.70. The summed E-state index contributed by atoms with van der Waals surface area (Å²) < 4.78 is 5.52. The van der Waals surface area contributed by atoms with Gasteiger partial charge in [0, 0.05) is 26.2 Å². The molecule has 0 bridgehead atoms. The molecule has 17 heavy (non-hydrogen) atoms. The Labute approximate surface area is 104 Å². The molecule has 5 heteroatoms. The van der Waals surface area contributed by atoms with Gasteiger partial charge in [-0.15, -0.1) is 0 Å². The number of hydrogen-bond donors (Lipinski definition) is 2. The number of ether oxygens (including phenoxy) is 1. The van der Waals surface area contributed by atoms with Gasteiger partial charge in [-0.1, -0.05) is 0 Å². The van der Waals surface area contributed by atoms with Crippen LogP contribution in [0.4, 0.5) is 0 Å². The molecule has 0 saturated carbocycles. The average Bonchev–Trinajstić information content (AvgIpc) is 2.28. The third kappa shape index (κ3) is 15.1. The van der Waals surface area contributed by atoms with Gasteiger partial charge in [-0.2, -0.15) is 0 Å². The van der Waals surface area contributed by atoms with Gasteiger partial charge in [0.15, 0.2) is 0 Å². The van der Waals surface area contributed by atoms with E-state index in [1.54, 1.807) is 0 Å². The van der Waals surface area contributed by atoms with Crippen molar-refractivity contribution in [3.8, 4) is 0 Å². The molecule has 0 aromatic heterocycles. The molecule has 0 spiro atoms. The minimum Gasteiger partial charge on any atom is -0.400 e. The highest BCUT2D eigenvalue weighted by Gasteiger charge is 2.12. The van der Waals surface area contributed by atoms with Crippen LogP contribution in [0.5, 0.6) is 0 Å². The molecule has 0 fully saturated rings. The topological polar surface area (TPSA) is 75.6 Å². The van der Waals surface area contributed by atoms with E-state index in [9.17, 15) is 9.59 Å². The minimum absolute atomic E-state index is 0.0280. The Kier molecular flexibility index (Phi) is 12.5. The van der Waals surface area contributed by atoms with Crippen molar-refractivity contribution < 1.29 is 19.4 Å². The summed E-state index contributed by atoms with van der Waals surface area (Å²) in [6.07, 6.45) is 2.96. The Morgan fingerprint density at radius 1 is 1.24 bits per heavy atom. The van der Waals surface area contributed by atoms with Crippen LogP contribution in [0.1, 0.15) is 33.6 Å². The van der Waals surface area contributed by atoms with E-state index in [-0.39, 0.29) is 11.5 Å². The number of hydrogen-bond acceptors (Lipinski definition) is 4. The van der Waals surface area contributed by atoms with Crippen LogP contribution in [0, 0.1) is 5.92 Å². The van der Waals surface area contributed by atoms with Crippen molar-refractivity contribution in [3.63, 3.8) is 0 Å². The lowest BCUT2D eigenvalue weighted by atomic mass is 10.0.